The topological polar surface area (TPSA) is 29.3 Å². The summed E-state index contributed by atoms with van der Waals surface area (Å²) in [5.74, 6) is 0. The average Bonchev–Trinajstić information content (AvgIpc) is 2.11. The molecular formula is C11H26N2. The Bertz CT molecular complexity index is 109. The molecule has 0 rings (SSSR count). The molecule has 0 aliphatic rings. The van der Waals surface area contributed by atoms with Gasteiger partial charge in [0.1, 0.15) is 0 Å². The molecule has 0 heterocycles. The smallest absolute Gasteiger partial charge is 0.00927 e. The van der Waals surface area contributed by atoms with Gasteiger partial charge in [0.15, 0.2) is 0 Å². The fourth-order valence-corrected chi connectivity index (χ4v) is 1.89. The van der Waals surface area contributed by atoms with Crippen molar-refractivity contribution in [3.63, 3.8) is 0 Å². The van der Waals surface area contributed by atoms with Gasteiger partial charge >= 0.3 is 0 Å². The van der Waals surface area contributed by atoms with Crippen LogP contribution in [0.15, 0.2) is 0 Å². The van der Waals surface area contributed by atoms with Crippen molar-refractivity contribution in [2.45, 2.75) is 59.0 Å². The highest BCUT2D eigenvalue weighted by Crippen LogP contribution is 2.12. The van der Waals surface area contributed by atoms with E-state index in [4.69, 9.17) is 5.73 Å². The lowest BCUT2D eigenvalue weighted by atomic mass is 10.1. The Balaban J connectivity index is 4.04. The Morgan fingerprint density at radius 3 is 2.00 bits per heavy atom. The standard InChI is InChI=1S/C11H26N2/c1-5-11(6-2)13(10(3)4)9-7-8-12/h10-11H,5-9,12H2,1-4H3. The first-order valence-electron chi connectivity index (χ1n) is 5.63. The Kier molecular flexibility index (Phi) is 7.29. The minimum absolute atomic E-state index is 0.649. The van der Waals surface area contributed by atoms with Crippen molar-refractivity contribution in [2.75, 3.05) is 13.1 Å². The Morgan fingerprint density at radius 1 is 1.15 bits per heavy atom. The van der Waals surface area contributed by atoms with E-state index >= 15 is 0 Å². The van der Waals surface area contributed by atoms with Crippen LogP contribution in [0.1, 0.15) is 47.0 Å². The van der Waals surface area contributed by atoms with Crippen LogP contribution in [0.2, 0.25) is 0 Å². The molecule has 0 atom stereocenters. The quantitative estimate of drug-likeness (QED) is 0.660. The molecule has 0 bridgehead atoms. The molecule has 0 aromatic rings. The van der Waals surface area contributed by atoms with Gasteiger partial charge in [-0.1, -0.05) is 13.8 Å². The molecule has 0 saturated carbocycles. The Hall–Kier alpha value is -0.0800. The van der Waals surface area contributed by atoms with Crippen molar-refractivity contribution < 1.29 is 0 Å². The van der Waals surface area contributed by atoms with Crippen molar-refractivity contribution in [1.29, 1.82) is 0 Å². The average molecular weight is 186 g/mol. The molecule has 0 aromatic carbocycles. The SMILES string of the molecule is CCC(CC)N(CCCN)C(C)C. The first-order chi connectivity index (χ1) is 6.17. The first kappa shape index (κ1) is 12.9. The molecule has 0 unspecified atom stereocenters. The summed E-state index contributed by atoms with van der Waals surface area (Å²) >= 11 is 0. The predicted molar refractivity (Wildman–Crippen MR) is 59.9 cm³/mol. The van der Waals surface area contributed by atoms with Gasteiger partial charge in [0.05, 0.1) is 0 Å². The van der Waals surface area contributed by atoms with E-state index in [1.807, 2.05) is 0 Å². The van der Waals surface area contributed by atoms with E-state index in [2.05, 4.69) is 32.6 Å². The molecule has 0 aliphatic carbocycles. The van der Waals surface area contributed by atoms with Crippen molar-refractivity contribution in [3.8, 4) is 0 Å². The van der Waals surface area contributed by atoms with E-state index in [0.717, 1.165) is 25.6 Å². The van der Waals surface area contributed by atoms with Crippen molar-refractivity contribution in [3.05, 3.63) is 0 Å². The number of rotatable bonds is 7. The monoisotopic (exact) mass is 186 g/mol. The summed E-state index contributed by atoms with van der Waals surface area (Å²) in [6, 6.07) is 1.39. The van der Waals surface area contributed by atoms with Crippen LogP contribution in [0.5, 0.6) is 0 Å². The van der Waals surface area contributed by atoms with Crippen molar-refractivity contribution in [2.24, 2.45) is 5.73 Å². The molecule has 2 N–H and O–H groups in total. The lowest BCUT2D eigenvalue weighted by molar-refractivity contribution is 0.143. The third-order valence-electron chi connectivity index (χ3n) is 2.70. The zero-order valence-electron chi connectivity index (χ0n) is 9.71. The largest absolute Gasteiger partial charge is 0.330 e. The number of hydrogen-bond acceptors (Lipinski definition) is 2. The van der Waals surface area contributed by atoms with Gasteiger partial charge in [0.25, 0.3) is 0 Å². The van der Waals surface area contributed by atoms with Crippen LogP contribution in [0.3, 0.4) is 0 Å². The Labute approximate surface area is 83.5 Å². The molecular weight excluding hydrogens is 160 g/mol. The van der Waals surface area contributed by atoms with Gasteiger partial charge in [-0.05, 0) is 46.2 Å². The highest BCUT2D eigenvalue weighted by Gasteiger charge is 2.16. The minimum atomic E-state index is 0.649. The number of nitrogens with two attached hydrogens (primary N) is 1. The van der Waals surface area contributed by atoms with Crippen LogP contribution in [0, 0.1) is 0 Å². The summed E-state index contributed by atoms with van der Waals surface area (Å²) in [6.45, 7) is 11.0. The molecule has 2 nitrogen and oxygen atoms in total. The second kappa shape index (κ2) is 7.34. The van der Waals surface area contributed by atoms with E-state index < -0.39 is 0 Å². The summed E-state index contributed by atoms with van der Waals surface area (Å²) in [6.07, 6.45) is 3.62. The Morgan fingerprint density at radius 2 is 1.69 bits per heavy atom. The molecule has 0 radical (unpaired) electrons. The van der Waals surface area contributed by atoms with Crippen LogP contribution >= 0.6 is 0 Å². The molecule has 0 aliphatic heterocycles. The highest BCUT2D eigenvalue weighted by atomic mass is 15.2. The maximum absolute atomic E-state index is 5.53. The van der Waals surface area contributed by atoms with Crippen molar-refractivity contribution >= 4 is 0 Å². The molecule has 0 amide bonds. The van der Waals surface area contributed by atoms with Crippen LogP contribution in [0.4, 0.5) is 0 Å². The molecule has 0 aromatic heterocycles. The third kappa shape index (κ3) is 4.63. The highest BCUT2D eigenvalue weighted by molar-refractivity contribution is 4.72. The summed E-state index contributed by atoms with van der Waals surface area (Å²) in [5, 5.41) is 0. The van der Waals surface area contributed by atoms with Gasteiger partial charge in [0.2, 0.25) is 0 Å². The first-order valence-corrected chi connectivity index (χ1v) is 5.63. The van der Waals surface area contributed by atoms with Gasteiger partial charge in [0, 0.05) is 12.1 Å². The fourth-order valence-electron chi connectivity index (χ4n) is 1.89. The molecule has 13 heavy (non-hydrogen) atoms. The van der Waals surface area contributed by atoms with Crippen LogP contribution in [0.25, 0.3) is 0 Å². The molecule has 0 spiro atoms. The van der Waals surface area contributed by atoms with Crippen LogP contribution in [-0.2, 0) is 0 Å². The summed E-state index contributed by atoms with van der Waals surface area (Å²) < 4.78 is 0. The van der Waals surface area contributed by atoms with Gasteiger partial charge < -0.3 is 5.73 Å². The van der Waals surface area contributed by atoms with Crippen LogP contribution < -0.4 is 5.73 Å². The normalized spacial score (nSPS) is 12.0. The van der Waals surface area contributed by atoms with Crippen molar-refractivity contribution in [1.82, 2.24) is 4.90 Å². The van der Waals surface area contributed by atoms with E-state index in [-0.39, 0.29) is 0 Å². The zero-order chi connectivity index (χ0) is 10.3. The third-order valence-corrected chi connectivity index (χ3v) is 2.70. The van der Waals surface area contributed by atoms with Gasteiger partial charge in [-0.3, -0.25) is 4.90 Å². The zero-order valence-corrected chi connectivity index (χ0v) is 9.71. The van der Waals surface area contributed by atoms with Crippen LogP contribution in [-0.4, -0.2) is 30.1 Å². The van der Waals surface area contributed by atoms with Gasteiger partial charge in [-0.2, -0.15) is 0 Å². The molecule has 0 saturated heterocycles. The maximum Gasteiger partial charge on any atom is 0.00927 e. The van der Waals surface area contributed by atoms with E-state index in [9.17, 15) is 0 Å². The molecule has 2 heteroatoms. The lowest BCUT2D eigenvalue weighted by Gasteiger charge is -2.33. The fraction of sp³-hybridized carbons (Fsp3) is 1.00. The summed E-state index contributed by atoms with van der Waals surface area (Å²) in [7, 11) is 0. The summed E-state index contributed by atoms with van der Waals surface area (Å²) in [4.78, 5) is 2.58. The van der Waals surface area contributed by atoms with E-state index in [0.29, 0.717) is 6.04 Å². The van der Waals surface area contributed by atoms with E-state index in [1.54, 1.807) is 0 Å². The lowest BCUT2D eigenvalue weighted by Crippen LogP contribution is -2.41. The second-order valence-electron chi connectivity index (χ2n) is 3.94. The number of nitrogens with zero attached hydrogens (tertiary/aromatic N) is 1. The maximum atomic E-state index is 5.53. The van der Waals surface area contributed by atoms with Gasteiger partial charge in [-0.15, -0.1) is 0 Å². The minimum Gasteiger partial charge on any atom is -0.330 e. The van der Waals surface area contributed by atoms with Gasteiger partial charge in [-0.25, -0.2) is 0 Å². The molecule has 0 fully saturated rings. The second-order valence-corrected chi connectivity index (χ2v) is 3.94. The molecule has 80 valence electrons. The summed E-state index contributed by atoms with van der Waals surface area (Å²) in [5.41, 5.74) is 5.53. The predicted octanol–water partition coefficient (Wildman–Crippen LogP) is 2.23. The number of hydrogen-bond donors (Lipinski definition) is 1. The van der Waals surface area contributed by atoms with E-state index in [1.165, 1.54) is 12.8 Å².